The molecular weight excluding hydrogens is 336 g/mol. The van der Waals surface area contributed by atoms with Crippen LogP contribution in [0.3, 0.4) is 0 Å². The van der Waals surface area contributed by atoms with E-state index < -0.39 is 0 Å². The van der Waals surface area contributed by atoms with Crippen LogP contribution in [0, 0.1) is 0 Å². The normalized spacial score (nSPS) is 15.9. The summed E-state index contributed by atoms with van der Waals surface area (Å²) in [5.74, 6) is 0.496. The number of allylic oxidation sites excluding steroid dienone is 2. The number of ketones is 1. The third-order valence-corrected chi connectivity index (χ3v) is 4.87. The molecule has 0 unspecified atom stereocenters. The van der Waals surface area contributed by atoms with Gasteiger partial charge in [-0.3, -0.25) is 4.79 Å². The monoisotopic (exact) mass is 356 g/mol. The molecule has 0 bridgehead atoms. The molecule has 0 fully saturated rings. The minimum absolute atomic E-state index is 0.0385. The van der Waals surface area contributed by atoms with Crippen LogP contribution in [0.2, 0.25) is 0 Å². The maximum atomic E-state index is 12.9. The first-order valence-electron chi connectivity index (χ1n) is 8.97. The van der Waals surface area contributed by atoms with Crippen LogP contribution in [0.1, 0.15) is 40.1 Å². The number of rotatable bonds is 4. The fourth-order valence-electron chi connectivity index (χ4n) is 3.46. The van der Waals surface area contributed by atoms with Crippen LogP contribution in [0.15, 0.2) is 78.9 Å². The fourth-order valence-corrected chi connectivity index (χ4v) is 3.46. The SMILES string of the molecule is CC(=CC(=O)c1cc(O)cc2c1C[C@H](c1ccccc1)O2)c1ccccc1. The quantitative estimate of drug-likeness (QED) is 0.506. The first-order chi connectivity index (χ1) is 13.1. The molecule has 3 aromatic rings. The lowest BCUT2D eigenvalue weighted by atomic mass is 9.95. The number of aromatic hydroxyl groups is 1. The third-order valence-electron chi connectivity index (χ3n) is 4.87. The Balaban J connectivity index is 1.67. The van der Waals surface area contributed by atoms with E-state index in [9.17, 15) is 9.90 Å². The van der Waals surface area contributed by atoms with Crippen molar-refractivity contribution in [3.8, 4) is 11.5 Å². The first-order valence-corrected chi connectivity index (χ1v) is 8.97. The molecule has 134 valence electrons. The molecule has 0 saturated heterocycles. The third kappa shape index (κ3) is 3.49. The van der Waals surface area contributed by atoms with Gasteiger partial charge in [-0.1, -0.05) is 60.7 Å². The summed E-state index contributed by atoms with van der Waals surface area (Å²) in [6.45, 7) is 1.92. The molecule has 0 spiro atoms. The summed E-state index contributed by atoms with van der Waals surface area (Å²) in [5, 5.41) is 10.1. The van der Waals surface area contributed by atoms with Crippen molar-refractivity contribution in [2.24, 2.45) is 0 Å². The van der Waals surface area contributed by atoms with Crippen LogP contribution in [0.4, 0.5) is 0 Å². The molecule has 0 amide bonds. The molecule has 0 saturated carbocycles. The molecule has 1 aliphatic heterocycles. The topological polar surface area (TPSA) is 46.5 Å². The van der Waals surface area contributed by atoms with E-state index >= 15 is 0 Å². The van der Waals surface area contributed by atoms with Gasteiger partial charge in [-0.05, 0) is 35.8 Å². The summed E-state index contributed by atoms with van der Waals surface area (Å²) in [5.41, 5.74) is 4.29. The average molecular weight is 356 g/mol. The lowest BCUT2D eigenvalue weighted by molar-refractivity contribution is 0.104. The standard InChI is InChI=1S/C24H20O3/c1-16(17-8-4-2-5-9-17)12-22(26)20-13-19(25)14-24-21(20)15-23(27-24)18-10-6-3-7-11-18/h2-14,23,25H,15H2,1H3/t23-/m1/s1. The summed E-state index contributed by atoms with van der Waals surface area (Å²) in [4.78, 5) is 12.9. The van der Waals surface area contributed by atoms with Crippen molar-refractivity contribution >= 4 is 11.4 Å². The van der Waals surface area contributed by atoms with E-state index in [-0.39, 0.29) is 17.6 Å². The molecular formula is C24H20O3. The zero-order valence-corrected chi connectivity index (χ0v) is 15.1. The van der Waals surface area contributed by atoms with Crippen molar-refractivity contribution in [3.63, 3.8) is 0 Å². The second kappa shape index (κ2) is 7.12. The predicted octanol–water partition coefficient (Wildman–Crippen LogP) is 5.35. The first kappa shape index (κ1) is 17.1. The molecule has 3 nitrogen and oxygen atoms in total. The Kier molecular flexibility index (Phi) is 4.51. The lowest BCUT2D eigenvalue weighted by Crippen LogP contribution is -2.03. The van der Waals surface area contributed by atoms with Gasteiger partial charge in [-0.15, -0.1) is 0 Å². The summed E-state index contributed by atoms with van der Waals surface area (Å²) in [6, 6.07) is 22.8. The molecule has 0 radical (unpaired) electrons. The van der Waals surface area contributed by atoms with E-state index in [1.54, 1.807) is 12.1 Å². The van der Waals surface area contributed by atoms with Crippen molar-refractivity contribution in [3.05, 3.63) is 101 Å². The van der Waals surface area contributed by atoms with E-state index in [1.165, 1.54) is 6.07 Å². The van der Waals surface area contributed by atoms with Crippen molar-refractivity contribution in [2.75, 3.05) is 0 Å². The maximum absolute atomic E-state index is 12.9. The Bertz CT molecular complexity index is 1000. The van der Waals surface area contributed by atoms with E-state index in [2.05, 4.69) is 0 Å². The Morgan fingerprint density at radius 2 is 1.70 bits per heavy atom. The highest BCUT2D eigenvalue weighted by Gasteiger charge is 2.29. The highest BCUT2D eigenvalue weighted by Crippen LogP contribution is 2.41. The van der Waals surface area contributed by atoms with Crippen molar-refractivity contribution < 1.29 is 14.6 Å². The van der Waals surface area contributed by atoms with Gasteiger partial charge in [-0.2, -0.15) is 0 Å². The number of hydrogen-bond donors (Lipinski definition) is 1. The minimum atomic E-state index is -0.145. The molecule has 1 heterocycles. The molecule has 3 heteroatoms. The summed E-state index contributed by atoms with van der Waals surface area (Å²) in [7, 11) is 0. The van der Waals surface area contributed by atoms with E-state index in [1.807, 2.05) is 67.6 Å². The van der Waals surface area contributed by atoms with Gasteiger partial charge >= 0.3 is 0 Å². The van der Waals surface area contributed by atoms with Gasteiger partial charge in [0.05, 0.1) is 0 Å². The van der Waals surface area contributed by atoms with Gasteiger partial charge in [0.25, 0.3) is 0 Å². The van der Waals surface area contributed by atoms with Crippen LogP contribution in [-0.2, 0) is 6.42 Å². The van der Waals surface area contributed by atoms with Gasteiger partial charge in [-0.25, -0.2) is 0 Å². The number of fused-ring (bicyclic) bond motifs is 1. The van der Waals surface area contributed by atoms with Gasteiger partial charge in [0.15, 0.2) is 5.78 Å². The predicted molar refractivity (Wildman–Crippen MR) is 106 cm³/mol. The van der Waals surface area contributed by atoms with Crippen molar-refractivity contribution in [1.82, 2.24) is 0 Å². The van der Waals surface area contributed by atoms with E-state index in [4.69, 9.17) is 4.74 Å². The highest BCUT2D eigenvalue weighted by molar-refractivity contribution is 6.10. The zero-order chi connectivity index (χ0) is 18.8. The van der Waals surface area contributed by atoms with E-state index in [0.717, 1.165) is 22.3 Å². The summed E-state index contributed by atoms with van der Waals surface area (Å²) < 4.78 is 6.02. The van der Waals surface area contributed by atoms with Crippen LogP contribution in [-0.4, -0.2) is 10.9 Å². The zero-order valence-electron chi connectivity index (χ0n) is 15.1. The average Bonchev–Trinajstić information content (AvgIpc) is 3.12. The Morgan fingerprint density at radius 3 is 2.41 bits per heavy atom. The Labute approximate surface area is 158 Å². The molecule has 0 aliphatic carbocycles. The number of hydrogen-bond acceptors (Lipinski definition) is 3. The van der Waals surface area contributed by atoms with Crippen LogP contribution >= 0.6 is 0 Å². The highest BCUT2D eigenvalue weighted by atomic mass is 16.5. The van der Waals surface area contributed by atoms with Gasteiger partial charge in [0.1, 0.15) is 17.6 Å². The number of carbonyl (C=O) groups is 1. The summed E-state index contributed by atoms with van der Waals surface area (Å²) in [6.07, 6.45) is 2.09. The second-order valence-corrected chi connectivity index (χ2v) is 6.75. The number of phenolic OH excluding ortho intramolecular Hbond substituents is 1. The summed E-state index contributed by atoms with van der Waals surface area (Å²) >= 11 is 0. The van der Waals surface area contributed by atoms with Crippen molar-refractivity contribution in [1.29, 1.82) is 0 Å². The maximum Gasteiger partial charge on any atom is 0.186 e. The lowest BCUT2D eigenvalue weighted by Gasteiger charge is -2.10. The Morgan fingerprint density at radius 1 is 1.04 bits per heavy atom. The van der Waals surface area contributed by atoms with E-state index in [0.29, 0.717) is 17.7 Å². The molecule has 27 heavy (non-hydrogen) atoms. The Hall–Kier alpha value is -3.33. The van der Waals surface area contributed by atoms with Gasteiger partial charge in [0, 0.05) is 23.6 Å². The molecule has 0 aromatic heterocycles. The van der Waals surface area contributed by atoms with Gasteiger partial charge in [0.2, 0.25) is 0 Å². The molecule has 3 aromatic carbocycles. The van der Waals surface area contributed by atoms with Crippen LogP contribution in [0.5, 0.6) is 11.5 Å². The molecule has 4 rings (SSSR count). The molecule has 1 atom stereocenters. The largest absolute Gasteiger partial charge is 0.508 e. The van der Waals surface area contributed by atoms with Gasteiger partial charge < -0.3 is 9.84 Å². The van der Waals surface area contributed by atoms with Crippen LogP contribution < -0.4 is 4.74 Å². The smallest absolute Gasteiger partial charge is 0.186 e. The second-order valence-electron chi connectivity index (χ2n) is 6.75. The number of carbonyl (C=O) groups excluding carboxylic acids is 1. The number of benzene rings is 3. The van der Waals surface area contributed by atoms with Crippen molar-refractivity contribution in [2.45, 2.75) is 19.4 Å². The van der Waals surface area contributed by atoms with Crippen LogP contribution in [0.25, 0.3) is 5.57 Å². The molecule has 1 N–H and O–H groups in total. The number of phenols is 1. The number of ether oxygens (including phenoxy) is 1. The minimum Gasteiger partial charge on any atom is -0.508 e. The fraction of sp³-hybridized carbons (Fsp3) is 0.125. The molecule has 1 aliphatic rings.